The van der Waals surface area contributed by atoms with E-state index in [0.29, 0.717) is 5.41 Å². The molecule has 1 aromatic carbocycles. The van der Waals surface area contributed by atoms with Crippen molar-refractivity contribution >= 4 is 0 Å². The predicted octanol–water partition coefficient (Wildman–Crippen LogP) is 5.59. The minimum absolute atomic E-state index is 0.0235. The Bertz CT molecular complexity index is 781. The summed E-state index contributed by atoms with van der Waals surface area (Å²) in [6, 6.07) is 10.4. The van der Waals surface area contributed by atoms with E-state index in [2.05, 4.69) is 55.2 Å². The second-order valence-electron chi connectivity index (χ2n) is 9.83. The van der Waals surface area contributed by atoms with Gasteiger partial charge in [-0.1, -0.05) is 43.0 Å². The summed E-state index contributed by atoms with van der Waals surface area (Å²) < 4.78 is 0. The molecule has 5 rings (SSSR count). The second kappa shape index (κ2) is 6.82. The largest absolute Gasteiger partial charge is 0.393 e. The lowest BCUT2D eigenvalue weighted by Crippen LogP contribution is -2.48. The molecule has 0 radical (unpaired) electrons. The van der Waals surface area contributed by atoms with Gasteiger partial charge >= 0.3 is 0 Å². The van der Waals surface area contributed by atoms with Crippen LogP contribution in [0.1, 0.15) is 63.9 Å². The van der Waals surface area contributed by atoms with E-state index in [4.69, 9.17) is 0 Å². The standard InChI is InChI=1S/C26H32O/c1-26-16-15-23-22-13-11-21(27)17-19(22)8-12-24(23)25(26)14-10-20(26)9-7-18-5-3-2-4-6-18/h2-6,10,19,21-25,27H,8,11-17H2,1H3/t19-,21?,22+,23?,24?,25?,26-/m1/s1. The van der Waals surface area contributed by atoms with E-state index in [9.17, 15) is 5.11 Å². The smallest absolute Gasteiger partial charge is 0.0543 e. The molecule has 4 unspecified atom stereocenters. The maximum absolute atomic E-state index is 10.1. The first kappa shape index (κ1) is 17.6. The zero-order valence-electron chi connectivity index (χ0n) is 16.5. The van der Waals surface area contributed by atoms with Crippen LogP contribution in [0.15, 0.2) is 42.0 Å². The van der Waals surface area contributed by atoms with Crippen LogP contribution in [0.25, 0.3) is 0 Å². The molecular weight excluding hydrogens is 328 g/mol. The molecule has 142 valence electrons. The number of hydrogen-bond acceptors (Lipinski definition) is 1. The lowest BCUT2D eigenvalue weighted by Gasteiger charge is -2.55. The van der Waals surface area contributed by atoms with Gasteiger partial charge in [0.25, 0.3) is 0 Å². The molecular formula is C26H32O. The monoisotopic (exact) mass is 360 g/mol. The fourth-order valence-electron chi connectivity index (χ4n) is 7.25. The molecule has 3 saturated carbocycles. The molecule has 0 spiro atoms. The third-order valence-electron chi connectivity index (χ3n) is 8.62. The van der Waals surface area contributed by atoms with E-state index < -0.39 is 0 Å². The molecule has 0 aliphatic heterocycles. The average molecular weight is 361 g/mol. The van der Waals surface area contributed by atoms with Crippen molar-refractivity contribution in [2.45, 2.75) is 64.4 Å². The van der Waals surface area contributed by atoms with Crippen LogP contribution in [0.5, 0.6) is 0 Å². The summed E-state index contributed by atoms with van der Waals surface area (Å²) >= 11 is 0. The first-order valence-electron chi connectivity index (χ1n) is 11.1. The van der Waals surface area contributed by atoms with E-state index >= 15 is 0 Å². The normalized spacial score (nSPS) is 42.8. The van der Waals surface area contributed by atoms with Gasteiger partial charge in [0.15, 0.2) is 0 Å². The molecule has 0 heterocycles. The van der Waals surface area contributed by atoms with Gasteiger partial charge in [0.05, 0.1) is 6.10 Å². The van der Waals surface area contributed by atoms with Crippen molar-refractivity contribution in [3.05, 3.63) is 47.5 Å². The lowest BCUT2D eigenvalue weighted by molar-refractivity contribution is -0.0620. The van der Waals surface area contributed by atoms with Crippen LogP contribution in [-0.2, 0) is 0 Å². The SMILES string of the molecule is C[C@]12CCC3C(CC[C@@H]4CC(O)CC[C@H]34)C1CC=C2C#Cc1ccccc1. The summed E-state index contributed by atoms with van der Waals surface area (Å²) in [7, 11) is 0. The van der Waals surface area contributed by atoms with Gasteiger partial charge in [-0.05, 0) is 93.1 Å². The highest BCUT2D eigenvalue weighted by atomic mass is 16.3. The number of aliphatic hydroxyl groups is 1. The minimum Gasteiger partial charge on any atom is -0.393 e. The Hall–Kier alpha value is -1.52. The highest BCUT2D eigenvalue weighted by Crippen LogP contribution is 2.62. The van der Waals surface area contributed by atoms with Crippen LogP contribution < -0.4 is 0 Å². The maximum Gasteiger partial charge on any atom is 0.0543 e. The van der Waals surface area contributed by atoms with Gasteiger partial charge in [0.2, 0.25) is 0 Å². The topological polar surface area (TPSA) is 20.2 Å². The Morgan fingerprint density at radius 3 is 2.59 bits per heavy atom. The predicted molar refractivity (Wildman–Crippen MR) is 110 cm³/mol. The Kier molecular flexibility index (Phi) is 4.44. The number of allylic oxidation sites excluding steroid dienone is 2. The van der Waals surface area contributed by atoms with E-state index in [-0.39, 0.29) is 6.10 Å². The third kappa shape index (κ3) is 2.98. The highest BCUT2D eigenvalue weighted by Gasteiger charge is 2.54. The Morgan fingerprint density at radius 2 is 1.74 bits per heavy atom. The zero-order valence-corrected chi connectivity index (χ0v) is 16.5. The summed E-state index contributed by atoms with van der Waals surface area (Å²) in [6.07, 6.45) is 12.5. The number of hydrogen-bond donors (Lipinski definition) is 1. The Labute approximate surface area is 164 Å². The first-order valence-corrected chi connectivity index (χ1v) is 11.1. The molecule has 4 aliphatic carbocycles. The molecule has 1 nitrogen and oxygen atoms in total. The van der Waals surface area contributed by atoms with Crippen molar-refractivity contribution in [2.24, 2.45) is 35.0 Å². The van der Waals surface area contributed by atoms with Gasteiger partial charge in [0.1, 0.15) is 0 Å². The molecule has 0 amide bonds. The molecule has 27 heavy (non-hydrogen) atoms. The van der Waals surface area contributed by atoms with Crippen LogP contribution in [0.4, 0.5) is 0 Å². The Balaban J connectivity index is 1.36. The van der Waals surface area contributed by atoms with Gasteiger partial charge in [-0.3, -0.25) is 0 Å². The molecule has 1 N–H and O–H groups in total. The molecule has 1 aromatic rings. The number of aliphatic hydroxyl groups excluding tert-OH is 1. The maximum atomic E-state index is 10.1. The summed E-state index contributed by atoms with van der Waals surface area (Å²) in [4.78, 5) is 0. The minimum atomic E-state index is -0.0235. The van der Waals surface area contributed by atoms with Gasteiger partial charge in [0, 0.05) is 16.6 Å². The van der Waals surface area contributed by atoms with Crippen molar-refractivity contribution in [1.82, 2.24) is 0 Å². The fraction of sp³-hybridized carbons (Fsp3) is 0.615. The van der Waals surface area contributed by atoms with Crippen LogP contribution >= 0.6 is 0 Å². The quantitative estimate of drug-likeness (QED) is 0.598. The first-order chi connectivity index (χ1) is 13.1. The van der Waals surface area contributed by atoms with E-state index in [1.54, 1.807) is 0 Å². The molecule has 4 aliphatic rings. The summed E-state index contributed by atoms with van der Waals surface area (Å²) in [5.74, 6) is 11.3. The fourth-order valence-corrected chi connectivity index (χ4v) is 7.25. The van der Waals surface area contributed by atoms with Gasteiger partial charge < -0.3 is 5.11 Å². The van der Waals surface area contributed by atoms with Crippen LogP contribution in [-0.4, -0.2) is 11.2 Å². The van der Waals surface area contributed by atoms with Gasteiger partial charge in [-0.25, -0.2) is 0 Å². The zero-order chi connectivity index (χ0) is 18.4. The van der Waals surface area contributed by atoms with Gasteiger partial charge in [-0.2, -0.15) is 0 Å². The number of fused-ring (bicyclic) bond motifs is 5. The average Bonchev–Trinajstić information content (AvgIpc) is 3.03. The van der Waals surface area contributed by atoms with Crippen molar-refractivity contribution in [3.63, 3.8) is 0 Å². The molecule has 1 heteroatoms. The van der Waals surface area contributed by atoms with Crippen molar-refractivity contribution < 1.29 is 5.11 Å². The van der Waals surface area contributed by atoms with Crippen molar-refractivity contribution in [3.8, 4) is 11.8 Å². The summed E-state index contributed by atoms with van der Waals surface area (Å²) in [5.41, 5.74) is 2.83. The molecule has 0 saturated heterocycles. The van der Waals surface area contributed by atoms with E-state index in [1.165, 1.54) is 44.1 Å². The summed E-state index contributed by atoms with van der Waals surface area (Å²) in [5, 5.41) is 10.1. The molecule has 7 atom stereocenters. The van der Waals surface area contributed by atoms with Crippen LogP contribution in [0, 0.1) is 46.8 Å². The van der Waals surface area contributed by atoms with Crippen molar-refractivity contribution in [1.29, 1.82) is 0 Å². The highest BCUT2D eigenvalue weighted by molar-refractivity contribution is 5.45. The molecule has 0 bridgehead atoms. The Morgan fingerprint density at radius 1 is 0.926 bits per heavy atom. The van der Waals surface area contributed by atoms with Crippen LogP contribution in [0.3, 0.4) is 0 Å². The lowest BCUT2D eigenvalue weighted by atomic mass is 9.50. The third-order valence-corrected chi connectivity index (χ3v) is 8.62. The summed E-state index contributed by atoms with van der Waals surface area (Å²) in [6.45, 7) is 2.50. The number of benzene rings is 1. The van der Waals surface area contributed by atoms with E-state index in [1.807, 2.05) is 0 Å². The van der Waals surface area contributed by atoms with Crippen LogP contribution in [0.2, 0.25) is 0 Å². The van der Waals surface area contributed by atoms with Gasteiger partial charge in [-0.15, -0.1) is 0 Å². The number of rotatable bonds is 0. The molecule has 3 fully saturated rings. The van der Waals surface area contributed by atoms with E-state index in [0.717, 1.165) is 48.0 Å². The molecule has 0 aromatic heterocycles. The van der Waals surface area contributed by atoms with Crippen molar-refractivity contribution in [2.75, 3.05) is 0 Å². The second-order valence-corrected chi connectivity index (χ2v) is 9.83.